The SMILES string of the molecule is c1ccc(-c2nnc3c4ccccc4c4nnc(-c5ccccc5)n4n23)cc1. The van der Waals surface area contributed by atoms with Gasteiger partial charge >= 0.3 is 0 Å². The molecule has 0 aliphatic heterocycles. The molecule has 3 aromatic heterocycles. The van der Waals surface area contributed by atoms with Crippen molar-refractivity contribution >= 4 is 22.1 Å². The summed E-state index contributed by atoms with van der Waals surface area (Å²) < 4.78 is 4.02. The Kier molecular flexibility index (Phi) is 3.07. The summed E-state index contributed by atoms with van der Waals surface area (Å²) in [6.07, 6.45) is 0. The van der Waals surface area contributed by atoms with Gasteiger partial charge in [0.2, 0.25) is 0 Å². The minimum absolute atomic E-state index is 0.753. The first-order valence-corrected chi connectivity index (χ1v) is 9.04. The molecule has 132 valence electrons. The van der Waals surface area contributed by atoms with E-state index < -0.39 is 0 Å². The van der Waals surface area contributed by atoms with Crippen LogP contribution in [0.15, 0.2) is 84.9 Å². The Morgan fingerprint density at radius 2 is 0.821 bits per heavy atom. The number of fused-ring (bicyclic) bond motifs is 6. The van der Waals surface area contributed by atoms with Crippen LogP contribution in [-0.2, 0) is 0 Å². The molecule has 6 rings (SSSR count). The summed E-state index contributed by atoms with van der Waals surface area (Å²) in [5.74, 6) is 1.51. The summed E-state index contributed by atoms with van der Waals surface area (Å²) in [4.78, 5) is 0. The fraction of sp³-hybridized carbons (Fsp3) is 0. The van der Waals surface area contributed by atoms with Crippen LogP contribution in [0, 0.1) is 0 Å². The lowest BCUT2D eigenvalue weighted by molar-refractivity contribution is 0.864. The minimum Gasteiger partial charge on any atom is -0.204 e. The van der Waals surface area contributed by atoms with Crippen molar-refractivity contribution < 1.29 is 0 Å². The number of nitrogens with zero attached hydrogens (tertiary/aromatic N) is 6. The maximum absolute atomic E-state index is 4.52. The highest BCUT2D eigenvalue weighted by Crippen LogP contribution is 2.29. The highest BCUT2D eigenvalue weighted by Gasteiger charge is 2.20. The van der Waals surface area contributed by atoms with E-state index in [0.29, 0.717) is 0 Å². The van der Waals surface area contributed by atoms with Gasteiger partial charge in [-0.1, -0.05) is 84.9 Å². The third-order valence-corrected chi connectivity index (χ3v) is 4.95. The van der Waals surface area contributed by atoms with Crippen LogP contribution in [0.4, 0.5) is 0 Å². The summed E-state index contributed by atoms with van der Waals surface area (Å²) in [5, 5.41) is 20.1. The van der Waals surface area contributed by atoms with E-state index in [1.54, 1.807) is 0 Å². The highest BCUT2D eigenvalue weighted by molar-refractivity contribution is 6.02. The monoisotopic (exact) mass is 362 g/mol. The fourth-order valence-electron chi connectivity index (χ4n) is 3.68. The first-order chi connectivity index (χ1) is 13.9. The van der Waals surface area contributed by atoms with Crippen molar-refractivity contribution in [2.75, 3.05) is 0 Å². The van der Waals surface area contributed by atoms with Crippen molar-refractivity contribution in [1.82, 2.24) is 29.4 Å². The summed E-state index contributed by atoms with van der Waals surface area (Å²) >= 11 is 0. The Balaban J connectivity index is 1.85. The van der Waals surface area contributed by atoms with Crippen LogP contribution in [0.5, 0.6) is 0 Å². The summed E-state index contributed by atoms with van der Waals surface area (Å²) in [6.45, 7) is 0. The van der Waals surface area contributed by atoms with E-state index in [1.165, 1.54) is 0 Å². The molecule has 6 heteroatoms. The topological polar surface area (TPSA) is 60.4 Å². The number of aromatic nitrogens is 6. The van der Waals surface area contributed by atoms with Gasteiger partial charge < -0.3 is 0 Å². The van der Waals surface area contributed by atoms with Crippen LogP contribution in [0.1, 0.15) is 0 Å². The summed E-state index contributed by atoms with van der Waals surface area (Å²) in [7, 11) is 0. The zero-order valence-corrected chi connectivity index (χ0v) is 14.8. The van der Waals surface area contributed by atoms with Gasteiger partial charge in [-0.05, 0) is 0 Å². The molecular weight excluding hydrogens is 348 g/mol. The largest absolute Gasteiger partial charge is 0.204 e. The molecule has 0 aliphatic rings. The van der Waals surface area contributed by atoms with Gasteiger partial charge in [-0.15, -0.1) is 20.4 Å². The maximum atomic E-state index is 4.52. The number of hydrogen-bond donors (Lipinski definition) is 0. The van der Waals surface area contributed by atoms with E-state index in [-0.39, 0.29) is 0 Å². The molecule has 0 saturated carbocycles. The molecule has 0 atom stereocenters. The van der Waals surface area contributed by atoms with Crippen LogP contribution in [0.25, 0.3) is 44.8 Å². The van der Waals surface area contributed by atoms with Crippen molar-refractivity contribution in [1.29, 1.82) is 0 Å². The van der Waals surface area contributed by atoms with Gasteiger partial charge in [-0.3, -0.25) is 0 Å². The molecule has 0 aliphatic carbocycles. The van der Waals surface area contributed by atoms with Crippen LogP contribution in [0.3, 0.4) is 0 Å². The lowest BCUT2D eigenvalue weighted by Crippen LogP contribution is -2.05. The molecule has 0 unspecified atom stereocenters. The molecule has 0 saturated heterocycles. The van der Waals surface area contributed by atoms with Crippen LogP contribution < -0.4 is 0 Å². The van der Waals surface area contributed by atoms with Crippen molar-refractivity contribution in [2.24, 2.45) is 0 Å². The number of rotatable bonds is 2. The highest BCUT2D eigenvalue weighted by atomic mass is 15.5. The molecule has 3 aromatic carbocycles. The zero-order valence-electron chi connectivity index (χ0n) is 14.8. The Morgan fingerprint density at radius 1 is 0.429 bits per heavy atom. The molecule has 6 nitrogen and oxygen atoms in total. The molecule has 28 heavy (non-hydrogen) atoms. The van der Waals surface area contributed by atoms with E-state index in [1.807, 2.05) is 94.0 Å². The molecule has 6 aromatic rings. The van der Waals surface area contributed by atoms with Gasteiger partial charge in [0.05, 0.1) is 0 Å². The molecule has 0 fully saturated rings. The average molecular weight is 362 g/mol. The summed E-state index contributed by atoms with van der Waals surface area (Å²) in [6, 6.07) is 28.2. The van der Waals surface area contributed by atoms with Gasteiger partial charge in [-0.2, -0.15) is 0 Å². The normalized spacial score (nSPS) is 11.6. The Hall–Kier alpha value is -4.06. The van der Waals surface area contributed by atoms with E-state index in [2.05, 4.69) is 20.4 Å². The van der Waals surface area contributed by atoms with Crippen molar-refractivity contribution in [3.63, 3.8) is 0 Å². The number of hydrogen-bond acceptors (Lipinski definition) is 4. The Bertz CT molecular complexity index is 1340. The predicted octanol–water partition coefficient (Wildman–Crippen LogP) is 4.26. The second-order valence-electron chi connectivity index (χ2n) is 6.60. The Morgan fingerprint density at radius 3 is 1.25 bits per heavy atom. The number of benzene rings is 3. The smallest absolute Gasteiger partial charge is 0.184 e. The van der Waals surface area contributed by atoms with Gasteiger partial charge in [0, 0.05) is 21.9 Å². The fourth-order valence-corrected chi connectivity index (χ4v) is 3.68. The van der Waals surface area contributed by atoms with Crippen LogP contribution in [0.2, 0.25) is 0 Å². The predicted molar refractivity (Wildman–Crippen MR) is 108 cm³/mol. The van der Waals surface area contributed by atoms with Crippen molar-refractivity contribution in [2.45, 2.75) is 0 Å². The van der Waals surface area contributed by atoms with Crippen LogP contribution in [-0.4, -0.2) is 29.4 Å². The standard InChI is InChI=1S/C22H14N6/c1-3-9-15(10-4-1)19-23-25-21-17-13-7-8-14-18(17)22-26-24-20(28(22)27(19)21)16-11-5-2-6-12-16/h1-14H. The Labute approximate surface area is 159 Å². The van der Waals surface area contributed by atoms with Crippen molar-refractivity contribution in [3.05, 3.63) is 84.9 Å². The second kappa shape index (κ2) is 5.72. The molecule has 0 spiro atoms. The van der Waals surface area contributed by atoms with E-state index in [4.69, 9.17) is 0 Å². The van der Waals surface area contributed by atoms with E-state index in [9.17, 15) is 0 Å². The van der Waals surface area contributed by atoms with Gasteiger partial charge in [-0.25, -0.2) is 9.03 Å². The lowest BCUT2D eigenvalue weighted by atomic mass is 10.1. The molecule has 0 N–H and O–H groups in total. The second-order valence-corrected chi connectivity index (χ2v) is 6.60. The first kappa shape index (κ1) is 15.0. The first-order valence-electron chi connectivity index (χ1n) is 9.04. The molecule has 0 bridgehead atoms. The summed E-state index contributed by atoms with van der Waals surface area (Å²) in [5.41, 5.74) is 3.52. The quantitative estimate of drug-likeness (QED) is 0.462. The third-order valence-electron chi connectivity index (χ3n) is 4.95. The molecule has 3 heterocycles. The van der Waals surface area contributed by atoms with Gasteiger partial charge in [0.25, 0.3) is 0 Å². The van der Waals surface area contributed by atoms with Gasteiger partial charge in [0.15, 0.2) is 22.9 Å². The molecule has 0 amide bonds. The zero-order chi connectivity index (χ0) is 18.5. The molecular formula is C22H14N6. The van der Waals surface area contributed by atoms with E-state index in [0.717, 1.165) is 44.8 Å². The van der Waals surface area contributed by atoms with E-state index >= 15 is 0 Å². The van der Waals surface area contributed by atoms with Crippen molar-refractivity contribution in [3.8, 4) is 22.8 Å². The third kappa shape index (κ3) is 2.02. The van der Waals surface area contributed by atoms with Gasteiger partial charge in [0.1, 0.15) is 0 Å². The van der Waals surface area contributed by atoms with Crippen LogP contribution >= 0.6 is 0 Å². The average Bonchev–Trinajstić information content (AvgIpc) is 3.40. The minimum atomic E-state index is 0.753. The maximum Gasteiger partial charge on any atom is 0.184 e. The molecule has 0 radical (unpaired) electrons. The lowest BCUT2D eigenvalue weighted by Gasteiger charge is -2.09.